The van der Waals surface area contributed by atoms with Gasteiger partial charge in [0.1, 0.15) is 0 Å². The molecule has 1 unspecified atom stereocenters. The van der Waals surface area contributed by atoms with E-state index in [1.165, 1.54) is 100 Å². The van der Waals surface area contributed by atoms with Gasteiger partial charge >= 0.3 is 0 Å². The predicted molar refractivity (Wildman–Crippen MR) is 313 cm³/mol. The van der Waals surface area contributed by atoms with Crippen molar-refractivity contribution in [3.63, 3.8) is 0 Å². The van der Waals surface area contributed by atoms with E-state index in [0.29, 0.717) is 0 Å². The van der Waals surface area contributed by atoms with E-state index in [4.69, 9.17) is 0 Å². The molecule has 75 heavy (non-hydrogen) atoms. The van der Waals surface area contributed by atoms with E-state index in [0.717, 1.165) is 34.1 Å². The summed E-state index contributed by atoms with van der Waals surface area (Å²) in [6.07, 6.45) is 0. The number of benzene rings is 11. The maximum absolute atomic E-state index is 2.54. The Morgan fingerprint density at radius 3 is 1.01 bits per heavy atom. The van der Waals surface area contributed by atoms with Gasteiger partial charge in [0.25, 0.3) is 0 Å². The maximum Gasteiger partial charge on any atom is 0.0727 e. The Bertz CT molecular complexity index is 4130. The topological polar surface area (TPSA) is 6.48 Å². The molecule has 0 amide bonds. The van der Waals surface area contributed by atoms with Gasteiger partial charge in [0.15, 0.2) is 0 Å². The van der Waals surface area contributed by atoms with Crippen molar-refractivity contribution in [1.82, 2.24) is 0 Å². The number of nitrogens with zero attached hydrogens (tertiary/aromatic N) is 2. The lowest BCUT2D eigenvalue weighted by molar-refractivity contribution is 0.660. The van der Waals surface area contributed by atoms with Crippen LogP contribution in [-0.2, 0) is 16.2 Å². The van der Waals surface area contributed by atoms with Crippen molar-refractivity contribution >= 4 is 34.1 Å². The lowest BCUT2D eigenvalue weighted by atomic mass is 9.70. The van der Waals surface area contributed by atoms with Crippen molar-refractivity contribution in [2.24, 2.45) is 0 Å². The molecule has 0 saturated heterocycles. The number of rotatable bonds is 7. The summed E-state index contributed by atoms with van der Waals surface area (Å²) in [5, 5.41) is 0. The molecular formula is C73H54N2. The van der Waals surface area contributed by atoms with Crippen LogP contribution in [0.15, 0.2) is 255 Å². The molecule has 1 atom stereocenters. The van der Waals surface area contributed by atoms with Crippen molar-refractivity contribution in [1.29, 1.82) is 0 Å². The molecule has 15 rings (SSSR count). The molecular weight excluding hydrogens is 905 g/mol. The van der Waals surface area contributed by atoms with Gasteiger partial charge in [0.2, 0.25) is 0 Å². The minimum absolute atomic E-state index is 0.139. The summed E-state index contributed by atoms with van der Waals surface area (Å²) < 4.78 is 0. The van der Waals surface area contributed by atoms with E-state index in [2.05, 4.69) is 292 Å². The first-order chi connectivity index (χ1) is 36.7. The van der Waals surface area contributed by atoms with Crippen LogP contribution < -0.4 is 9.80 Å². The molecule has 0 aliphatic heterocycles. The van der Waals surface area contributed by atoms with Crippen LogP contribution in [0.1, 0.15) is 72.2 Å². The van der Waals surface area contributed by atoms with E-state index in [1.54, 1.807) is 0 Å². The Hall–Kier alpha value is -8.98. The van der Waals surface area contributed by atoms with Gasteiger partial charge in [-0.25, -0.2) is 0 Å². The average Bonchev–Trinajstić information content (AvgIpc) is 4.22. The molecule has 356 valence electrons. The van der Waals surface area contributed by atoms with Crippen molar-refractivity contribution in [2.75, 3.05) is 9.80 Å². The number of para-hydroxylation sites is 2. The largest absolute Gasteiger partial charge is 0.310 e. The minimum Gasteiger partial charge on any atom is -0.310 e. The van der Waals surface area contributed by atoms with E-state index in [1.807, 2.05) is 0 Å². The summed E-state index contributed by atoms with van der Waals surface area (Å²) in [4.78, 5) is 5.01. The standard InChI is InChI=1S/C73H54N2/c1-71(2)62-30-16-11-26-54(62)58-39-35-49(43-66(58)71)74(48-23-9-6-10-24-48)50-36-41-60-56-28-13-18-32-64(56)73(68(60)45-50)65-33-19-14-29-57(65)61-42-38-52(46-69(61)73)75(70-34-20-15-25-53(70)47-21-7-5-8-22-47)51-37-40-59-55-27-12-17-31-63(55)72(3,4)67(59)44-51/h5-46H,1-4H3. The predicted octanol–water partition coefficient (Wildman–Crippen LogP) is 19.2. The Morgan fingerprint density at radius 2 is 0.547 bits per heavy atom. The quantitative estimate of drug-likeness (QED) is 0.157. The van der Waals surface area contributed by atoms with Crippen LogP contribution in [0.25, 0.3) is 55.6 Å². The summed E-state index contributed by atoms with van der Waals surface area (Å²) in [6, 6.07) is 95.9. The van der Waals surface area contributed by atoms with Crippen LogP contribution in [0.2, 0.25) is 0 Å². The van der Waals surface area contributed by atoms with Gasteiger partial charge in [-0.3, -0.25) is 0 Å². The molecule has 0 saturated carbocycles. The maximum atomic E-state index is 2.54. The van der Waals surface area contributed by atoms with Gasteiger partial charge in [-0.2, -0.15) is 0 Å². The monoisotopic (exact) mass is 958 g/mol. The smallest absolute Gasteiger partial charge is 0.0727 e. The Morgan fingerprint density at radius 1 is 0.227 bits per heavy atom. The third kappa shape index (κ3) is 6.08. The third-order valence-electron chi connectivity index (χ3n) is 17.5. The number of anilines is 6. The highest BCUT2D eigenvalue weighted by Crippen LogP contribution is 2.64. The molecule has 1 spiro atoms. The molecule has 0 radical (unpaired) electrons. The summed E-state index contributed by atoms with van der Waals surface area (Å²) in [5.41, 5.74) is 29.3. The lowest BCUT2D eigenvalue weighted by Crippen LogP contribution is -2.26. The SMILES string of the molecule is CC1(C)c2ccccc2-c2ccc(N(c3ccccc3)c3ccc4c(c3)C3(c5ccccc5-4)c4ccccc4-c4ccc(N(c5ccc6c(c5)C(C)(C)c5ccccc5-6)c5ccccc5-c5ccccc5)cc43)cc21. The van der Waals surface area contributed by atoms with Gasteiger partial charge < -0.3 is 9.80 Å². The van der Waals surface area contributed by atoms with Gasteiger partial charge in [0.05, 0.1) is 11.1 Å². The molecule has 0 heterocycles. The van der Waals surface area contributed by atoms with Crippen molar-refractivity contribution in [3.8, 4) is 55.6 Å². The average molecular weight is 959 g/mol. The van der Waals surface area contributed by atoms with Crippen LogP contribution in [0.4, 0.5) is 34.1 Å². The summed E-state index contributed by atoms with van der Waals surface area (Å²) in [5.74, 6) is 0. The Balaban J connectivity index is 0.965. The molecule has 4 aliphatic rings. The summed E-state index contributed by atoms with van der Waals surface area (Å²) in [6.45, 7) is 9.51. The zero-order valence-electron chi connectivity index (χ0n) is 42.6. The molecule has 11 aromatic carbocycles. The molecule has 4 aliphatic carbocycles. The molecule has 0 fully saturated rings. The second-order valence-electron chi connectivity index (χ2n) is 22.0. The fourth-order valence-corrected chi connectivity index (χ4v) is 14.0. The molecule has 11 aromatic rings. The van der Waals surface area contributed by atoms with Crippen molar-refractivity contribution in [3.05, 3.63) is 299 Å². The van der Waals surface area contributed by atoms with Crippen LogP contribution in [0.3, 0.4) is 0 Å². The summed E-state index contributed by atoms with van der Waals surface area (Å²) in [7, 11) is 0. The molecule has 0 bridgehead atoms. The van der Waals surface area contributed by atoms with Gasteiger partial charge in [0, 0.05) is 44.8 Å². The molecule has 2 nitrogen and oxygen atoms in total. The zero-order valence-corrected chi connectivity index (χ0v) is 42.6. The van der Waals surface area contributed by atoms with E-state index >= 15 is 0 Å². The first kappa shape index (κ1) is 43.6. The van der Waals surface area contributed by atoms with Crippen LogP contribution in [0.5, 0.6) is 0 Å². The highest BCUT2D eigenvalue weighted by atomic mass is 15.2. The number of fused-ring (bicyclic) bond motifs is 16. The van der Waals surface area contributed by atoms with Crippen molar-refractivity contribution < 1.29 is 0 Å². The molecule has 2 heteroatoms. The molecule has 0 N–H and O–H groups in total. The van der Waals surface area contributed by atoms with Crippen LogP contribution >= 0.6 is 0 Å². The second kappa shape index (κ2) is 16.0. The third-order valence-corrected chi connectivity index (χ3v) is 17.5. The Labute approximate surface area is 440 Å². The van der Waals surface area contributed by atoms with E-state index < -0.39 is 5.41 Å². The number of hydrogen-bond acceptors (Lipinski definition) is 2. The molecule has 0 aromatic heterocycles. The van der Waals surface area contributed by atoms with Gasteiger partial charge in [-0.1, -0.05) is 216 Å². The normalized spacial score (nSPS) is 16.0. The first-order valence-electron chi connectivity index (χ1n) is 26.5. The zero-order chi connectivity index (χ0) is 50.2. The van der Waals surface area contributed by atoms with Gasteiger partial charge in [-0.15, -0.1) is 0 Å². The van der Waals surface area contributed by atoms with E-state index in [-0.39, 0.29) is 10.8 Å². The van der Waals surface area contributed by atoms with Gasteiger partial charge in [-0.05, 0) is 161 Å². The summed E-state index contributed by atoms with van der Waals surface area (Å²) >= 11 is 0. The second-order valence-corrected chi connectivity index (χ2v) is 22.0. The Kier molecular flexibility index (Phi) is 9.30. The lowest BCUT2D eigenvalue weighted by Gasteiger charge is -2.34. The fraction of sp³-hybridized carbons (Fsp3) is 0.0959. The highest BCUT2D eigenvalue weighted by Gasteiger charge is 2.52. The number of hydrogen-bond donors (Lipinski definition) is 0. The fourth-order valence-electron chi connectivity index (χ4n) is 14.0. The highest BCUT2D eigenvalue weighted by molar-refractivity contribution is 5.99. The van der Waals surface area contributed by atoms with E-state index in [9.17, 15) is 0 Å². The van der Waals surface area contributed by atoms with Crippen molar-refractivity contribution in [2.45, 2.75) is 43.9 Å². The minimum atomic E-state index is -0.611. The van der Waals surface area contributed by atoms with Crippen LogP contribution in [-0.4, -0.2) is 0 Å². The first-order valence-corrected chi connectivity index (χ1v) is 26.5. The van der Waals surface area contributed by atoms with Crippen LogP contribution in [0, 0.1) is 0 Å².